The van der Waals surface area contributed by atoms with Crippen LogP contribution in [0.4, 0.5) is 0 Å². The van der Waals surface area contributed by atoms with Crippen molar-refractivity contribution in [1.29, 1.82) is 0 Å². The van der Waals surface area contributed by atoms with Crippen molar-refractivity contribution < 1.29 is 9.47 Å². The molecular weight excluding hydrogens is 322 g/mol. The maximum atomic E-state index is 5.93. The first-order valence-corrected chi connectivity index (χ1v) is 8.86. The van der Waals surface area contributed by atoms with E-state index in [2.05, 4.69) is 31.3 Å². The summed E-state index contributed by atoms with van der Waals surface area (Å²) in [6.07, 6.45) is 1.11. The second-order valence-electron chi connectivity index (χ2n) is 5.82. The van der Waals surface area contributed by atoms with E-state index in [4.69, 9.17) is 21.1 Å². The fourth-order valence-electron chi connectivity index (χ4n) is 2.23. The van der Waals surface area contributed by atoms with Gasteiger partial charge in [-0.15, -0.1) is 0 Å². The van der Waals surface area contributed by atoms with Crippen molar-refractivity contribution >= 4 is 11.6 Å². The molecule has 0 radical (unpaired) electrons. The van der Waals surface area contributed by atoms with Crippen LogP contribution in [-0.4, -0.2) is 12.6 Å². The van der Waals surface area contributed by atoms with Crippen molar-refractivity contribution in [3.63, 3.8) is 0 Å². The first-order chi connectivity index (χ1) is 11.6. The van der Waals surface area contributed by atoms with Gasteiger partial charge < -0.3 is 14.8 Å². The molecule has 0 aliphatic heterocycles. The third-order valence-electron chi connectivity index (χ3n) is 3.88. The van der Waals surface area contributed by atoms with Crippen LogP contribution in [0.25, 0.3) is 0 Å². The van der Waals surface area contributed by atoms with Gasteiger partial charge in [0.05, 0.1) is 6.61 Å². The highest BCUT2D eigenvalue weighted by Crippen LogP contribution is 2.29. The van der Waals surface area contributed by atoms with Crippen LogP contribution in [0.2, 0.25) is 5.02 Å². The monoisotopic (exact) mass is 347 g/mol. The van der Waals surface area contributed by atoms with Crippen LogP contribution in [0.1, 0.15) is 38.3 Å². The summed E-state index contributed by atoms with van der Waals surface area (Å²) in [5, 5.41) is 4.22. The van der Waals surface area contributed by atoms with Gasteiger partial charge in [-0.25, -0.2) is 0 Å². The number of halogens is 1. The molecule has 0 bridgehead atoms. The van der Waals surface area contributed by atoms with Crippen LogP contribution in [0, 0.1) is 0 Å². The number of rotatable bonds is 9. The Kier molecular flexibility index (Phi) is 7.41. The largest absolute Gasteiger partial charge is 0.490 e. The number of ether oxygens (including phenoxy) is 2. The molecule has 1 N–H and O–H groups in total. The lowest BCUT2D eigenvalue weighted by Crippen LogP contribution is -2.24. The Morgan fingerprint density at radius 3 is 2.33 bits per heavy atom. The van der Waals surface area contributed by atoms with E-state index in [0.717, 1.165) is 35.1 Å². The van der Waals surface area contributed by atoms with Gasteiger partial charge >= 0.3 is 0 Å². The van der Waals surface area contributed by atoms with Crippen LogP contribution >= 0.6 is 11.6 Å². The Hall–Kier alpha value is -1.71. The van der Waals surface area contributed by atoms with Gasteiger partial charge in [-0.1, -0.05) is 36.7 Å². The number of hydrogen-bond acceptors (Lipinski definition) is 3. The van der Waals surface area contributed by atoms with Gasteiger partial charge in [0.1, 0.15) is 6.61 Å². The van der Waals surface area contributed by atoms with Crippen LogP contribution in [0.3, 0.4) is 0 Å². The minimum atomic E-state index is 0.488. The van der Waals surface area contributed by atoms with Gasteiger partial charge in [0.25, 0.3) is 0 Å². The van der Waals surface area contributed by atoms with E-state index in [1.165, 1.54) is 5.56 Å². The molecule has 0 fully saturated rings. The number of benzene rings is 2. The van der Waals surface area contributed by atoms with Gasteiger partial charge in [0, 0.05) is 17.6 Å². The SMILES string of the molecule is CCOc1cc(CN[C@@H](C)CC)ccc1OCc1ccc(Cl)cc1. The fourth-order valence-corrected chi connectivity index (χ4v) is 2.35. The molecule has 0 saturated heterocycles. The van der Waals surface area contributed by atoms with Crippen LogP contribution < -0.4 is 14.8 Å². The van der Waals surface area contributed by atoms with Crippen LogP contribution in [-0.2, 0) is 13.2 Å². The Balaban J connectivity index is 2.03. The molecule has 0 spiro atoms. The molecule has 0 heterocycles. The molecule has 2 rings (SSSR count). The first kappa shape index (κ1) is 18.6. The van der Waals surface area contributed by atoms with Crippen molar-refractivity contribution in [2.75, 3.05) is 6.61 Å². The lowest BCUT2D eigenvalue weighted by Gasteiger charge is -2.15. The minimum absolute atomic E-state index is 0.488. The average Bonchev–Trinajstić information content (AvgIpc) is 2.60. The summed E-state index contributed by atoms with van der Waals surface area (Å²) < 4.78 is 11.7. The Bertz CT molecular complexity index is 628. The summed E-state index contributed by atoms with van der Waals surface area (Å²) in [7, 11) is 0. The van der Waals surface area contributed by atoms with Crippen LogP contribution in [0.15, 0.2) is 42.5 Å². The van der Waals surface area contributed by atoms with E-state index in [-0.39, 0.29) is 0 Å². The molecule has 0 aliphatic carbocycles. The lowest BCUT2D eigenvalue weighted by atomic mass is 10.1. The minimum Gasteiger partial charge on any atom is -0.490 e. The zero-order valence-corrected chi connectivity index (χ0v) is 15.4. The van der Waals surface area contributed by atoms with Crippen molar-refractivity contribution in [2.45, 2.75) is 46.4 Å². The van der Waals surface area contributed by atoms with E-state index >= 15 is 0 Å². The van der Waals surface area contributed by atoms with E-state index in [1.54, 1.807) is 0 Å². The summed E-state index contributed by atoms with van der Waals surface area (Å²) in [5.74, 6) is 1.55. The number of hydrogen-bond donors (Lipinski definition) is 1. The second-order valence-corrected chi connectivity index (χ2v) is 6.26. The first-order valence-electron chi connectivity index (χ1n) is 8.48. The highest BCUT2D eigenvalue weighted by molar-refractivity contribution is 6.30. The van der Waals surface area contributed by atoms with E-state index in [0.29, 0.717) is 19.3 Å². The maximum Gasteiger partial charge on any atom is 0.161 e. The third-order valence-corrected chi connectivity index (χ3v) is 4.13. The lowest BCUT2D eigenvalue weighted by molar-refractivity contribution is 0.269. The molecule has 3 nitrogen and oxygen atoms in total. The molecule has 0 saturated carbocycles. The molecule has 24 heavy (non-hydrogen) atoms. The molecule has 4 heteroatoms. The average molecular weight is 348 g/mol. The molecule has 0 aromatic heterocycles. The van der Waals surface area contributed by atoms with Crippen molar-refractivity contribution in [2.24, 2.45) is 0 Å². The zero-order valence-electron chi connectivity index (χ0n) is 14.6. The predicted octanol–water partition coefficient (Wildman–Crippen LogP) is 5.21. The van der Waals surface area contributed by atoms with Crippen LogP contribution in [0.5, 0.6) is 11.5 Å². The zero-order chi connectivity index (χ0) is 17.4. The van der Waals surface area contributed by atoms with Crippen molar-refractivity contribution in [3.8, 4) is 11.5 Å². The van der Waals surface area contributed by atoms with E-state index < -0.39 is 0 Å². The Morgan fingerprint density at radius 2 is 1.67 bits per heavy atom. The molecule has 0 aliphatic rings. The summed E-state index contributed by atoms with van der Waals surface area (Å²) >= 11 is 5.91. The van der Waals surface area contributed by atoms with E-state index in [9.17, 15) is 0 Å². The van der Waals surface area contributed by atoms with Crippen molar-refractivity contribution in [3.05, 3.63) is 58.6 Å². The van der Waals surface area contributed by atoms with E-state index in [1.807, 2.05) is 37.3 Å². The van der Waals surface area contributed by atoms with Gasteiger partial charge in [0.2, 0.25) is 0 Å². The normalized spacial score (nSPS) is 12.0. The van der Waals surface area contributed by atoms with Gasteiger partial charge in [0.15, 0.2) is 11.5 Å². The predicted molar refractivity (Wildman–Crippen MR) is 100.0 cm³/mol. The third kappa shape index (κ3) is 5.73. The summed E-state index contributed by atoms with van der Waals surface area (Å²) in [6, 6.07) is 14.3. The quantitative estimate of drug-likeness (QED) is 0.675. The summed E-state index contributed by atoms with van der Waals surface area (Å²) in [5.41, 5.74) is 2.27. The molecule has 0 unspecified atom stereocenters. The molecular formula is C20H26ClNO2. The maximum absolute atomic E-state index is 5.93. The van der Waals surface area contributed by atoms with Gasteiger partial charge in [-0.05, 0) is 55.7 Å². The second kappa shape index (κ2) is 9.55. The Labute approximate surface area is 149 Å². The highest BCUT2D eigenvalue weighted by Gasteiger charge is 2.08. The fraction of sp³-hybridized carbons (Fsp3) is 0.400. The van der Waals surface area contributed by atoms with Gasteiger partial charge in [-0.2, -0.15) is 0 Å². The smallest absolute Gasteiger partial charge is 0.161 e. The number of nitrogens with one attached hydrogen (secondary N) is 1. The van der Waals surface area contributed by atoms with Gasteiger partial charge in [-0.3, -0.25) is 0 Å². The molecule has 0 amide bonds. The Morgan fingerprint density at radius 1 is 0.958 bits per heavy atom. The molecule has 1 atom stereocenters. The summed E-state index contributed by atoms with van der Waals surface area (Å²) in [4.78, 5) is 0. The molecule has 130 valence electrons. The standard InChI is InChI=1S/C20H26ClNO2/c1-4-15(3)22-13-17-8-11-19(20(12-17)23-5-2)24-14-16-6-9-18(21)10-7-16/h6-12,15,22H,4-5,13-14H2,1-3H3/t15-/m0/s1. The van der Waals surface area contributed by atoms with Crippen molar-refractivity contribution in [1.82, 2.24) is 5.32 Å². The molecule has 2 aromatic rings. The topological polar surface area (TPSA) is 30.5 Å². The molecule has 2 aromatic carbocycles. The summed E-state index contributed by atoms with van der Waals surface area (Å²) in [6.45, 7) is 8.27. The highest BCUT2D eigenvalue weighted by atomic mass is 35.5.